The minimum atomic E-state index is -4.65. The summed E-state index contributed by atoms with van der Waals surface area (Å²) >= 11 is 0. The summed E-state index contributed by atoms with van der Waals surface area (Å²) in [5.74, 6) is -0.808. The number of H-pyrrole nitrogens is 1. The summed E-state index contributed by atoms with van der Waals surface area (Å²) < 4.78 is 41.6. The topological polar surface area (TPSA) is 64.1 Å². The highest BCUT2D eigenvalue weighted by Gasteiger charge is 2.34. The van der Waals surface area contributed by atoms with Crippen LogP contribution in [0.4, 0.5) is 13.2 Å². The fourth-order valence-corrected chi connectivity index (χ4v) is 1.12. The van der Waals surface area contributed by atoms with Crippen molar-refractivity contribution >= 4 is 5.97 Å². The minimum Gasteiger partial charge on any atom is -0.467 e. The van der Waals surface area contributed by atoms with Crippen molar-refractivity contribution in [3.05, 3.63) is 22.1 Å². The van der Waals surface area contributed by atoms with Crippen molar-refractivity contribution in [2.45, 2.75) is 19.1 Å². The molecule has 0 aliphatic heterocycles. The van der Waals surface area contributed by atoms with E-state index in [-0.39, 0.29) is 0 Å². The van der Waals surface area contributed by atoms with E-state index in [2.05, 4.69) is 4.74 Å². The zero-order valence-corrected chi connectivity index (χ0v) is 8.46. The number of alkyl halides is 3. The van der Waals surface area contributed by atoms with Crippen molar-refractivity contribution < 1.29 is 22.7 Å². The standard InChI is InChI=1S/C8H9F3N2O3/c1-4(7(15)16-2)13-6(14)3-5(12-13)8(9,10)11/h3-4,12H,1-2H3/t4-/m0/s1. The number of methoxy groups -OCH3 is 1. The maximum atomic E-state index is 12.2. The first-order chi connectivity index (χ1) is 7.27. The van der Waals surface area contributed by atoms with E-state index >= 15 is 0 Å². The molecule has 0 aliphatic carbocycles. The van der Waals surface area contributed by atoms with Crippen molar-refractivity contribution in [2.75, 3.05) is 7.11 Å². The molecule has 0 fully saturated rings. The van der Waals surface area contributed by atoms with E-state index in [0.29, 0.717) is 10.7 Å². The lowest BCUT2D eigenvalue weighted by molar-refractivity contribution is -0.146. The first-order valence-corrected chi connectivity index (χ1v) is 4.24. The summed E-state index contributed by atoms with van der Waals surface area (Å²) in [5, 5.41) is 1.81. The van der Waals surface area contributed by atoms with Crippen molar-refractivity contribution in [2.24, 2.45) is 0 Å². The van der Waals surface area contributed by atoms with E-state index in [9.17, 15) is 22.8 Å². The van der Waals surface area contributed by atoms with Crippen LogP contribution in [0.25, 0.3) is 0 Å². The molecule has 5 nitrogen and oxygen atoms in total. The Morgan fingerprint density at radius 2 is 2.12 bits per heavy atom. The van der Waals surface area contributed by atoms with Gasteiger partial charge in [-0.05, 0) is 6.92 Å². The molecule has 0 radical (unpaired) electrons. The zero-order valence-electron chi connectivity index (χ0n) is 8.46. The summed E-state index contributed by atoms with van der Waals surface area (Å²) in [4.78, 5) is 22.2. The molecule has 8 heteroatoms. The molecule has 0 saturated carbocycles. The monoisotopic (exact) mass is 238 g/mol. The quantitative estimate of drug-likeness (QED) is 0.779. The molecule has 1 N–H and O–H groups in total. The molecule has 0 bridgehead atoms. The number of halogens is 3. The second-order valence-electron chi connectivity index (χ2n) is 3.07. The zero-order chi connectivity index (χ0) is 12.5. The lowest BCUT2D eigenvalue weighted by Gasteiger charge is -2.10. The molecule has 0 amide bonds. The highest BCUT2D eigenvalue weighted by atomic mass is 19.4. The molecular formula is C8H9F3N2O3. The Morgan fingerprint density at radius 3 is 2.50 bits per heavy atom. The molecule has 90 valence electrons. The van der Waals surface area contributed by atoms with Crippen LogP contribution in [0.5, 0.6) is 0 Å². The van der Waals surface area contributed by atoms with E-state index in [1.54, 1.807) is 0 Å². The van der Waals surface area contributed by atoms with Gasteiger partial charge in [-0.25, -0.2) is 9.48 Å². The van der Waals surface area contributed by atoms with Gasteiger partial charge in [-0.3, -0.25) is 9.89 Å². The van der Waals surface area contributed by atoms with Crippen molar-refractivity contribution in [3.63, 3.8) is 0 Å². The predicted octanol–water partition coefficient (Wildman–Crippen LogP) is 0.929. The average molecular weight is 238 g/mol. The molecule has 1 rings (SSSR count). The van der Waals surface area contributed by atoms with Crippen LogP contribution >= 0.6 is 0 Å². The first-order valence-electron chi connectivity index (χ1n) is 4.24. The largest absolute Gasteiger partial charge is 0.467 e. The number of aromatic nitrogens is 2. The molecule has 1 atom stereocenters. The van der Waals surface area contributed by atoms with E-state index in [1.165, 1.54) is 6.92 Å². The minimum absolute atomic E-state index is 0.388. The Labute approximate surface area is 87.8 Å². The van der Waals surface area contributed by atoms with Gasteiger partial charge >= 0.3 is 12.1 Å². The van der Waals surface area contributed by atoms with Crippen molar-refractivity contribution in [3.8, 4) is 0 Å². The van der Waals surface area contributed by atoms with Crippen LogP contribution in [-0.4, -0.2) is 22.9 Å². The SMILES string of the molecule is COC(=O)[C@H](C)n1[nH]c(C(F)(F)F)cc1=O. The van der Waals surface area contributed by atoms with Gasteiger partial charge in [0.15, 0.2) is 0 Å². The van der Waals surface area contributed by atoms with Crippen LogP contribution in [-0.2, 0) is 15.7 Å². The summed E-state index contributed by atoms with van der Waals surface area (Å²) in [6.45, 7) is 1.25. The number of hydrogen-bond acceptors (Lipinski definition) is 3. The van der Waals surface area contributed by atoms with Gasteiger partial charge in [-0.15, -0.1) is 0 Å². The summed E-state index contributed by atoms with van der Waals surface area (Å²) in [5.41, 5.74) is -2.14. The van der Waals surface area contributed by atoms with Gasteiger partial charge in [0.25, 0.3) is 5.56 Å². The number of esters is 1. The molecule has 1 aromatic heterocycles. The number of carbonyl (C=O) groups excluding carboxylic acids is 1. The van der Waals surface area contributed by atoms with Gasteiger partial charge in [-0.1, -0.05) is 0 Å². The van der Waals surface area contributed by atoms with Crippen molar-refractivity contribution in [1.82, 2.24) is 9.78 Å². The molecular weight excluding hydrogens is 229 g/mol. The highest BCUT2D eigenvalue weighted by molar-refractivity contribution is 5.73. The number of aromatic amines is 1. The number of hydrogen-bond donors (Lipinski definition) is 1. The third-order valence-electron chi connectivity index (χ3n) is 1.98. The third kappa shape index (κ3) is 2.26. The Balaban J connectivity index is 3.13. The number of rotatable bonds is 2. The first kappa shape index (κ1) is 12.3. The van der Waals surface area contributed by atoms with Crippen LogP contribution in [0.1, 0.15) is 18.7 Å². The maximum Gasteiger partial charge on any atom is 0.432 e. The Kier molecular flexibility index (Phi) is 3.11. The summed E-state index contributed by atoms with van der Waals surface area (Å²) in [7, 11) is 1.08. The van der Waals surface area contributed by atoms with Gasteiger partial charge in [0.05, 0.1) is 7.11 Å². The normalized spacial score (nSPS) is 13.6. The average Bonchev–Trinajstić information content (AvgIpc) is 2.57. The van der Waals surface area contributed by atoms with E-state index in [1.807, 2.05) is 5.10 Å². The van der Waals surface area contributed by atoms with Crippen LogP contribution in [0, 0.1) is 0 Å². The molecule has 0 unspecified atom stereocenters. The Morgan fingerprint density at radius 1 is 1.56 bits per heavy atom. The van der Waals surface area contributed by atoms with Gasteiger partial charge in [0.1, 0.15) is 11.7 Å². The third-order valence-corrected chi connectivity index (χ3v) is 1.98. The van der Waals surface area contributed by atoms with E-state index in [0.717, 1.165) is 7.11 Å². The second-order valence-corrected chi connectivity index (χ2v) is 3.07. The number of nitrogens with zero attached hydrogens (tertiary/aromatic N) is 1. The second kappa shape index (κ2) is 4.03. The van der Waals surface area contributed by atoms with Gasteiger partial charge in [0.2, 0.25) is 0 Å². The molecule has 0 spiro atoms. The van der Waals surface area contributed by atoms with Gasteiger partial charge < -0.3 is 4.74 Å². The molecule has 0 aromatic carbocycles. The van der Waals surface area contributed by atoms with Crippen LogP contribution < -0.4 is 5.56 Å². The van der Waals surface area contributed by atoms with Crippen molar-refractivity contribution in [1.29, 1.82) is 0 Å². The molecule has 1 aromatic rings. The number of carbonyl (C=O) groups is 1. The van der Waals surface area contributed by atoms with Crippen LogP contribution in [0.15, 0.2) is 10.9 Å². The lowest BCUT2D eigenvalue weighted by Crippen LogP contribution is -2.27. The van der Waals surface area contributed by atoms with E-state index < -0.39 is 29.4 Å². The van der Waals surface area contributed by atoms with Gasteiger partial charge in [-0.2, -0.15) is 13.2 Å². The molecule has 0 saturated heterocycles. The molecule has 1 heterocycles. The highest BCUT2D eigenvalue weighted by Crippen LogP contribution is 2.26. The maximum absolute atomic E-state index is 12.2. The van der Waals surface area contributed by atoms with Crippen LogP contribution in [0.3, 0.4) is 0 Å². The van der Waals surface area contributed by atoms with E-state index in [4.69, 9.17) is 0 Å². The Bertz CT molecular complexity index is 446. The predicted molar refractivity (Wildman–Crippen MR) is 46.8 cm³/mol. The Hall–Kier alpha value is -1.73. The molecule has 0 aliphatic rings. The number of ether oxygens (including phenoxy) is 1. The fourth-order valence-electron chi connectivity index (χ4n) is 1.12. The summed E-state index contributed by atoms with van der Waals surface area (Å²) in [6, 6.07) is -0.743. The lowest BCUT2D eigenvalue weighted by atomic mass is 10.3. The smallest absolute Gasteiger partial charge is 0.432 e. The summed E-state index contributed by atoms with van der Waals surface area (Å²) in [6.07, 6.45) is -4.65. The number of nitrogens with one attached hydrogen (secondary N) is 1. The van der Waals surface area contributed by atoms with Gasteiger partial charge in [0, 0.05) is 6.07 Å². The van der Waals surface area contributed by atoms with Crippen LogP contribution in [0.2, 0.25) is 0 Å². The molecule has 16 heavy (non-hydrogen) atoms. The fraction of sp³-hybridized carbons (Fsp3) is 0.500.